The van der Waals surface area contributed by atoms with Crippen molar-refractivity contribution >= 4 is 22.3 Å². The van der Waals surface area contributed by atoms with Crippen LogP contribution in [0.1, 0.15) is 31.9 Å². The Labute approximate surface area is 136 Å². The summed E-state index contributed by atoms with van der Waals surface area (Å²) in [7, 11) is 1.44. The van der Waals surface area contributed by atoms with Crippen LogP contribution in [0.5, 0.6) is 0 Å². The highest BCUT2D eigenvalue weighted by atomic mass is 16.5. The van der Waals surface area contributed by atoms with Crippen LogP contribution in [0, 0.1) is 17.3 Å². The third kappa shape index (κ3) is 4.14. The van der Waals surface area contributed by atoms with Crippen molar-refractivity contribution < 1.29 is 14.6 Å². The van der Waals surface area contributed by atoms with Crippen LogP contribution in [-0.4, -0.2) is 18.2 Å². The van der Waals surface area contributed by atoms with Gasteiger partial charge in [-0.1, -0.05) is 36.1 Å². The molecule has 0 aliphatic rings. The number of ether oxygens (including phenoxy) is 1. The molecule has 0 aromatic heterocycles. The number of benzene rings is 2. The maximum Gasteiger partial charge on any atom is 0.339 e. The fourth-order valence-electron chi connectivity index (χ4n) is 2.19. The summed E-state index contributed by atoms with van der Waals surface area (Å²) in [5, 5.41) is 11.2. The Morgan fingerprint density at radius 3 is 2.57 bits per heavy atom. The summed E-state index contributed by atoms with van der Waals surface area (Å²) in [6, 6.07) is 11.4. The molecular formula is C20H20O3. The molecule has 2 aromatic carbocycles. The fourth-order valence-corrected chi connectivity index (χ4v) is 2.19. The van der Waals surface area contributed by atoms with Crippen LogP contribution < -0.4 is 0 Å². The lowest BCUT2D eigenvalue weighted by atomic mass is 9.95. The Kier molecular flexibility index (Phi) is 4.76. The van der Waals surface area contributed by atoms with Crippen molar-refractivity contribution in [2.45, 2.75) is 20.8 Å². The zero-order chi connectivity index (χ0) is 17.0. The van der Waals surface area contributed by atoms with Crippen LogP contribution in [0.25, 0.3) is 16.3 Å². The second-order valence-corrected chi connectivity index (χ2v) is 6.31. The summed E-state index contributed by atoms with van der Waals surface area (Å²) in [4.78, 5) is 11.5. The third-order valence-electron chi connectivity index (χ3n) is 3.22. The Bertz CT molecular complexity index is 827. The van der Waals surface area contributed by atoms with E-state index in [1.54, 1.807) is 6.07 Å². The van der Waals surface area contributed by atoms with Crippen molar-refractivity contribution in [1.82, 2.24) is 0 Å². The fraction of sp³-hybridized carbons (Fsp3) is 0.250. The van der Waals surface area contributed by atoms with Gasteiger partial charge in [0.05, 0.1) is 13.4 Å². The summed E-state index contributed by atoms with van der Waals surface area (Å²) in [5.41, 5.74) is 1.52. The van der Waals surface area contributed by atoms with Crippen LogP contribution in [0.15, 0.2) is 42.7 Å². The molecule has 2 aromatic rings. The lowest BCUT2D eigenvalue weighted by Gasteiger charge is -2.09. The standard InChI is InChI=1S/C20H20O3/c1-20(2,3)11-10-14-8-9-15-6-5-7-16(17(15)12-14)18(13-23-4)19(21)22/h5-9,12-13H,1-4H3,(H,21,22). The summed E-state index contributed by atoms with van der Waals surface area (Å²) in [6.07, 6.45) is 1.25. The smallest absolute Gasteiger partial charge is 0.339 e. The SMILES string of the molecule is COC=C(C(=O)O)c1cccc2ccc(C#CC(C)(C)C)cc12. The largest absolute Gasteiger partial charge is 0.503 e. The van der Waals surface area contributed by atoms with Crippen molar-refractivity contribution in [3.8, 4) is 11.8 Å². The quantitative estimate of drug-likeness (QED) is 0.522. The van der Waals surface area contributed by atoms with Crippen molar-refractivity contribution in [3.63, 3.8) is 0 Å². The van der Waals surface area contributed by atoms with Gasteiger partial charge >= 0.3 is 5.97 Å². The Morgan fingerprint density at radius 2 is 1.96 bits per heavy atom. The van der Waals surface area contributed by atoms with E-state index in [4.69, 9.17) is 4.74 Å². The molecular weight excluding hydrogens is 288 g/mol. The first-order valence-electron chi connectivity index (χ1n) is 7.34. The minimum atomic E-state index is -1.02. The zero-order valence-corrected chi connectivity index (χ0v) is 13.8. The maximum atomic E-state index is 11.5. The number of carboxylic acids is 1. The number of aliphatic carboxylic acids is 1. The van der Waals surface area contributed by atoms with Crippen molar-refractivity contribution in [2.24, 2.45) is 5.41 Å². The van der Waals surface area contributed by atoms with E-state index in [1.807, 2.05) is 30.3 Å². The molecule has 0 heterocycles. The molecule has 0 aliphatic heterocycles. The van der Waals surface area contributed by atoms with Gasteiger partial charge in [0.15, 0.2) is 0 Å². The summed E-state index contributed by atoms with van der Waals surface area (Å²) >= 11 is 0. The van der Waals surface area contributed by atoms with Crippen LogP contribution in [0.3, 0.4) is 0 Å². The Hall–Kier alpha value is -2.73. The van der Waals surface area contributed by atoms with Gasteiger partial charge in [-0.25, -0.2) is 4.79 Å². The van der Waals surface area contributed by atoms with Gasteiger partial charge < -0.3 is 9.84 Å². The van der Waals surface area contributed by atoms with Gasteiger partial charge in [-0.05, 0) is 49.2 Å². The average Bonchev–Trinajstić information content (AvgIpc) is 2.49. The van der Waals surface area contributed by atoms with E-state index in [2.05, 4.69) is 32.6 Å². The molecule has 0 unspecified atom stereocenters. The molecule has 3 nitrogen and oxygen atoms in total. The van der Waals surface area contributed by atoms with Gasteiger partial charge in [0, 0.05) is 11.0 Å². The molecule has 3 heteroatoms. The molecule has 0 amide bonds. The molecule has 2 rings (SSSR count). The predicted octanol–water partition coefficient (Wildman–Crippen LogP) is 4.31. The Balaban J connectivity index is 2.64. The molecule has 118 valence electrons. The predicted molar refractivity (Wildman–Crippen MR) is 92.9 cm³/mol. The first-order valence-corrected chi connectivity index (χ1v) is 7.34. The van der Waals surface area contributed by atoms with Gasteiger partial charge in [-0.2, -0.15) is 0 Å². The molecule has 0 saturated heterocycles. The minimum absolute atomic E-state index is 0.0867. The lowest BCUT2D eigenvalue weighted by molar-refractivity contribution is -0.130. The number of carboxylic acid groups (broad SMARTS) is 1. The molecule has 0 atom stereocenters. The maximum absolute atomic E-state index is 11.5. The third-order valence-corrected chi connectivity index (χ3v) is 3.22. The Morgan fingerprint density at radius 1 is 1.22 bits per heavy atom. The molecule has 0 saturated carbocycles. The van der Waals surface area contributed by atoms with E-state index < -0.39 is 5.97 Å². The van der Waals surface area contributed by atoms with E-state index in [9.17, 15) is 9.90 Å². The van der Waals surface area contributed by atoms with E-state index >= 15 is 0 Å². The van der Waals surface area contributed by atoms with Crippen molar-refractivity contribution in [3.05, 3.63) is 53.8 Å². The number of methoxy groups -OCH3 is 1. The van der Waals surface area contributed by atoms with E-state index in [0.29, 0.717) is 5.56 Å². The summed E-state index contributed by atoms with van der Waals surface area (Å²) in [5.74, 6) is 5.33. The first-order chi connectivity index (χ1) is 10.8. The number of fused-ring (bicyclic) bond motifs is 1. The summed E-state index contributed by atoms with van der Waals surface area (Å²) < 4.78 is 4.92. The molecule has 23 heavy (non-hydrogen) atoms. The molecule has 0 radical (unpaired) electrons. The normalized spacial score (nSPS) is 11.7. The number of hydrogen-bond acceptors (Lipinski definition) is 2. The van der Waals surface area contributed by atoms with Crippen LogP contribution in [0.4, 0.5) is 0 Å². The van der Waals surface area contributed by atoms with Gasteiger partial charge in [0.25, 0.3) is 0 Å². The zero-order valence-electron chi connectivity index (χ0n) is 13.8. The van der Waals surface area contributed by atoms with E-state index in [-0.39, 0.29) is 11.0 Å². The second kappa shape index (κ2) is 6.58. The minimum Gasteiger partial charge on any atom is -0.503 e. The highest BCUT2D eigenvalue weighted by Crippen LogP contribution is 2.26. The van der Waals surface area contributed by atoms with Gasteiger partial charge in [0.1, 0.15) is 5.57 Å². The number of carbonyl (C=O) groups is 1. The van der Waals surface area contributed by atoms with E-state index in [1.165, 1.54) is 13.4 Å². The van der Waals surface area contributed by atoms with Crippen molar-refractivity contribution in [1.29, 1.82) is 0 Å². The van der Waals surface area contributed by atoms with Gasteiger partial charge in [-0.15, -0.1) is 0 Å². The van der Waals surface area contributed by atoms with Gasteiger partial charge in [0.2, 0.25) is 0 Å². The van der Waals surface area contributed by atoms with Gasteiger partial charge in [-0.3, -0.25) is 0 Å². The van der Waals surface area contributed by atoms with Crippen LogP contribution >= 0.6 is 0 Å². The first kappa shape index (κ1) is 16.6. The highest BCUT2D eigenvalue weighted by molar-refractivity contribution is 6.19. The molecule has 0 bridgehead atoms. The lowest BCUT2D eigenvalue weighted by Crippen LogP contribution is -2.01. The topological polar surface area (TPSA) is 46.5 Å². The van der Waals surface area contributed by atoms with E-state index in [0.717, 1.165) is 16.3 Å². The number of hydrogen-bond donors (Lipinski definition) is 1. The molecule has 0 spiro atoms. The van der Waals surface area contributed by atoms with Crippen molar-refractivity contribution in [2.75, 3.05) is 7.11 Å². The molecule has 0 fully saturated rings. The number of rotatable bonds is 3. The highest BCUT2D eigenvalue weighted by Gasteiger charge is 2.14. The monoisotopic (exact) mass is 308 g/mol. The average molecular weight is 308 g/mol. The summed E-state index contributed by atoms with van der Waals surface area (Å²) in [6.45, 7) is 6.16. The van der Waals surface area contributed by atoms with Crippen LogP contribution in [-0.2, 0) is 9.53 Å². The molecule has 0 aliphatic carbocycles. The van der Waals surface area contributed by atoms with Crippen LogP contribution in [0.2, 0.25) is 0 Å². The second-order valence-electron chi connectivity index (χ2n) is 6.31. The molecule has 1 N–H and O–H groups in total.